The molecular weight excluding hydrogens is 310 g/mol. The number of fused-ring (bicyclic) bond motifs is 1. The maximum absolute atomic E-state index is 6.01. The minimum Gasteiger partial charge on any atom is -0.375 e. The number of benzene rings is 1. The number of hydrogen-bond acceptors (Lipinski definition) is 4. The Bertz CT molecular complexity index is 513. The summed E-state index contributed by atoms with van der Waals surface area (Å²) in [7, 11) is 0. The van der Waals surface area contributed by atoms with Gasteiger partial charge in [0.25, 0.3) is 0 Å². The Kier molecular flexibility index (Phi) is 6.03. The Balaban J connectivity index is 1.20. The average Bonchev–Trinajstić information content (AvgIpc) is 2.68. The van der Waals surface area contributed by atoms with Gasteiger partial charge in [-0.25, -0.2) is 0 Å². The molecule has 2 saturated heterocycles. The zero-order valence-corrected chi connectivity index (χ0v) is 15.5. The van der Waals surface area contributed by atoms with Crippen molar-refractivity contribution in [3.05, 3.63) is 35.9 Å². The van der Waals surface area contributed by atoms with E-state index in [4.69, 9.17) is 4.74 Å². The highest BCUT2D eigenvalue weighted by molar-refractivity contribution is 5.14. The van der Waals surface area contributed by atoms with Crippen molar-refractivity contribution in [2.24, 2.45) is 0 Å². The lowest BCUT2D eigenvalue weighted by Crippen LogP contribution is -2.55. The van der Waals surface area contributed by atoms with Crippen molar-refractivity contribution in [2.45, 2.75) is 44.4 Å². The van der Waals surface area contributed by atoms with E-state index < -0.39 is 0 Å². The SMILES string of the molecule is c1ccc(CN2CCN(CCN3CCO[C@H]4CCCC[C@@H]43)CC2)cc1. The molecule has 0 spiro atoms. The van der Waals surface area contributed by atoms with E-state index in [1.807, 2.05) is 0 Å². The summed E-state index contributed by atoms with van der Waals surface area (Å²) in [4.78, 5) is 7.98. The van der Waals surface area contributed by atoms with Crippen LogP contribution in [0.2, 0.25) is 0 Å². The van der Waals surface area contributed by atoms with Crippen LogP contribution >= 0.6 is 0 Å². The van der Waals surface area contributed by atoms with Crippen molar-refractivity contribution in [2.75, 3.05) is 52.4 Å². The third-order valence-electron chi connectivity index (χ3n) is 6.26. The maximum atomic E-state index is 6.01. The molecule has 0 aromatic heterocycles. The zero-order chi connectivity index (χ0) is 16.9. The Labute approximate surface area is 152 Å². The first-order valence-electron chi connectivity index (χ1n) is 10.2. The number of rotatable bonds is 5. The second-order valence-electron chi connectivity index (χ2n) is 7.90. The Morgan fingerprint density at radius 3 is 2.44 bits per heavy atom. The van der Waals surface area contributed by atoms with Crippen LogP contribution in [0.4, 0.5) is 0 Å². The van der Waals surface area contributed by atoms with E-state index in [0.29, 0.717) is 12.1 Å². The molecular formula is C21H33N3O. The second kappa shape index (κ2) is 8.63. The molecule has 4 heteroatoms. The van der Waals surface area contributed by atoms with Crippen LogP contribution in [0.1, 0.15) is 31.2 Å². The van der Waals surface area contributed by atoms with Crippen LogP contribution in [0.25, 0.3) is 0 Å². The number of piperazine rings is 1. The van der Waals surface area contributed by atoms with Crippen molar-refractivity contribution in [3.63, 3.8) is 0 Å². The van der Waals surface area contributed by atoms with Gasteiger partial charge in [-0.2, -0.15) is 0 Å². The molecule has 0 unspecified atom stereocenters. The summed E-state index contributed by atoms with van der Waals surface area (Å²) in [5.41, 5.74) is 1.44. The van der Waals surface area contributed by atoms with Gasteiger partial charge in [-0.15, -0.1) is 0 Å². The molecule has 4 nitrogen and oxygen atoms in total. The van der Waals surface area contributed by atoms with E-state index in [1.165, 1.54) is 70.5 Å². The fraction of sp³-hybridized carbons (Fsp3) is 0.714. The Morgan fingerprint density at radius 1 is 0.840 bits per heavy atom. The number of nitrogens with zero attached hydrogens (tertiary/aromatic N) is 3. The van der Waals surface area contributed by atoms with E-state index in [-0.39, 0.29) is 0 Å². The zero-order valence-electron chi connectivity index (χ0n) is 15.5. The fourth-order valence-electron chi connectivity index (χ4n) is 4.74. The summed E-state index contributed by atoms with van der Waals surface area (Å²) in [5.74, 6) is 0. The molecule has 1 aromatic rings. The highest BCUT2D eigenvalue weighted by Gasteiger charge is 2.34. The van der Waals surface area contributed by atoms with Crippen LogP contribution in [0.5, 0.6) is 0 Å². The van der Waals surface area contributed by atoms with Crippen LogP contribution in [0.15, 0.2) is 30.3 Å². The van der Waals surface area contributed by atoms with Crippen LogP contribution in [-0.2, 0) is 11.3 Å². The summed E-state index contributed by atoms with van der Waals surface area (Å²) in [6.07, 6.45) is 5.89. The fourth-order valence-corrected chi connectivity index (χ4v) is 4.74. The van der Waals surface area contributed by atoms with Crippen molar-refractivity contribution in [1.82, 2.24) is 14.7 Å². The molecule has 1 aliphatic carbocycles. The van der Waals surface area contributed by atoms with Crippen molar-refractivity contribution in [3.8, 4) is 0 Å². The quantitative estimate of drug-likeness (QED) is 0.817. The molecule has 2 aliphatic heterocycles. The summed E-state index contributed by atoms with van der Waals surface area (Å²) in [6.45, 7) is 10.4. The van der Waals surface area contributed by atoms with Gasteiger partial charge in [-0.05, 0) is 18.4 Å². The predicted octanol–water partition coefficient (Wildman–Crippen LogP) is 2.45. The Morgan fingerprint density at radius 2 is 1.60 bits per heavy atom. The van der Waals surface area contributed by atoms with E-state index in [0.717, 1.165) is 19.7 Å². The molecule has 0 radical (unpaired) electrons. The summed E-state index contributed by atoms with van der Waals surface area (Å²) in [5, 5.41) is 0. The van der Waals surface area contributed by atoms with Crippen molar-refractivity contribution in [1.29, 1.82) is 0 Å². The normalized spacial score (nSPS) is 29.4. The van der Waals surface area contributed by atoms with Gasteiger partial charge in [-0.3, -0.25) is 14.7 Å². The molecule has 138 valence electrons. The van der Waals surface area contributed by atoms with Crippen molar-refractivity contribution >= 4 is 0 Å². The van der Waals surface area contributed by atoms with E-state index in [9.17, 15) is 0 Å². The summed E-state index contributed by atoms with van der Waals surface area (Å²) >= 11 is 0. The molecule has 2 heterocycles. The van der Waals surface area contributed by atoms with Gasteiger partial charge in [-0.1, -0.05) is 43.2 Å². The molecule has 25 heavy (non-hydrogen) atoms. The van der Waals surface area contributed by atoms with Crippen LogP contribution in [0, 0.1) is 0 Å². The monoisotopic (exact) mass is 343 g/mol. The number of morpholine rings is 1. The molecule has 1 saturated carbocycles. The van der Waals surface area contributed by atoms with E-state index in [1.54, 1.807) is 0 Å². The largest absolute Gasteiger partial charge is 0.375 e. The molecule has 3 fully saturated rings. The molecule has 0 N–H and O–H groups in total. The van der Waals surface area contributed by atoms with E-state index >= 15 is 0 Å². The first-order valence-corrected chi connectivity index (χ1v) is 10.2. The lowest BCUT2D eigenvalue weighted by molar-refractivity contribution is -0.0900. The van der Waals surface area contributed by atoms with Crippen LogP contribution < -0.4 is 0 Å². The molecule has 1 aromatic carbocycles. The van der Waals surface area contributed by atoms with Gasteiger partial charge >= 0.3 is 0 Å². The average molecular weight is 344 g/mol. The van der Waals surface area contributed by atoms with Gasteiger partial charge in [0.15, 0.2) is 0 Å². The van der Waals surface area contributed by atoms with Gasteiger partial charge in [0.05, 0.1) is 12.7 Å². The first kappa shape index (κ1) is 17.5. The minimum atomic E-state index is 0.519. The lowest BCUT2D eigenvalue weighted by atomic mass is 9.90. The minimum absolute atomic E-state index is 0.519. The molecule has 4 rings (SSSR count). The van der Waals surface area contributed by atoms with Gasteiger partial charge in [0.2, 0.25) is 0 Å². The second-order valence-corrected chi connectivity index (χ2v) is 7.90. The molecule has 0 bridgehead atoms. The predicted molar refractivity (Wildman–Crippen MR) is 102 cm³/mol. The molecule has 3 aliphatic rings. The highest BCUT2D eigenvalue weighted by atomic mass is 16.5. The topological polar surface area (TPSA) is 19.0 Å². The third kappa shape index (κ3) is 4.62. The first-order chi connectivity index (χ1) is 12.4. The van der Waals surface area contributed by atoms with Gasteiger partial charge in [0, 0.05) is 58.4 Å². The maximum Gasteiger partial charge on any atom is 0.0730 e. The smallest absolute Gasteiger partial charge is 0.0730 e. The Hall–Kier alpha value is -0.940. The van der Waals surface area contributed by atoms with Crippen LogP contribution in [-0.4, -0.2) is 79.3 Å². The molecule has 2 atom stereocenters. The standard InChI is InChI=1S/C21H33N3O/c1-2-6-19(7-3-1)18-23-12-10-22(11-13-23)14-15-24-16-17-25-21-9-5-4-8-20(21)24/h1-3,6-7,20-21H,4-5,8-18H2/t20-,21-/m0/s1. The lowest BCUT2D eigenvalue weighted by Gasteiger charge is -2.45. The van der Waals surface area contributed by atoms with Crippen LogP contribution in [0.3, 0.4) is 0 Å². The van der Waals surface area contributed by atoms with Gasteiger partial charge in [0.1, 0.15) is 0 Å². The summed E-state index contributed by atoms with van der Waals surface area (Å²) in [6, 6.07) is 11.6. The summed E-state index contributed by atoms with van der Waals surface area (Å²) < 4.78 is 6.01. The van der Waals surface area contributed by atoms with Crippen molar-refractivity contribution < 1.29 is 4.74 Å². The molecule has 0 amide bonds. The number of ether oxygens (including phenoxy) is 1. The van der Waals surface area contributed by atoms with Gasteiger partial charge < -0.3 is 4.74 Å². The van der Waals surface area contributed by atoms with E-state index in [2.05, 4.69) is 45.0 Å². The number of hydrogen-bond donors (Lipinski definition) is 0. The third-order valence-corrected chi connectivity index (χ3v) is 6.26. The highest BCUT2D eigenvalue weighted by Crippen LogP contribution is 2.28.